The molecule has 1 aromatic carbocycles. The van der Waals surface area contributed by atoms with Crippen molar-refractivity contribution in [2.24, 2.45) is 4.99 Å². The molecule has 2 heterocycles. The molecule has 0 unspecified atom stereocenters. The minimum Gasteiger partial charge on any atom is -0.368 e. The van der Waals surface area contributed by atoms with Crippen molar-refractivity contribution in [1.29, 1.82) is 0 Å². The van der Waals surface area contributed by atoms with Crippen LogP contribution in [0, 0.1) is 12.7 Å². The number of rotatable bonds is 4. The van der Waals surface area contributed by atoms with E-state index in [0.717, 1.165) is 56.5 Å². The summed E-state index contributed by atoms with van der Waals surface area (Å²) in [4.78, 5) is 13.3. The van der Waals surface area contributed by atoms with Crippen LogP contribution in [0.15, 0.2) is 47.6 Å². The highest BCUT2D eigenvalue weighted by Gasteiger charge is 2.19. The van der Waals surface area contributed by atoms with Crippen LogP contribution in [0.1, 0.15) is 11.3 Å². The molecule has 5 nitrogen and oxygen atoms in total. The van der Waals surface area contributed by atoms with E-state index < -0.39 is 0 Å². The van der Waals surface area contributed by atoms with Gasteiger partial charge in [-0.25, -0.2) is 4.39 Å². The zero-order valence-electron chi connectivity index (χ0n) is 15.5. The summed E-state index contributed by atoms with van der Waals surface area (Å²) in [5.74, 6) is 0.740. The Labute approximate surface area is 154 Å². The maximum absolute atomic E-state index is 13.1. The van der Waals surface area contributed by atoms with E-state index in [1.165, 1.54) is 17.7 Å². The first-order valence-electron chi connectivity index (χ1n) is 9.03. The second-order valence-electron chi connectivity index (χ2n) is 6.48. The molecule has 0 spiro atoms. The van der Waals surface area contributed by atoms with E-state index in [1.807, 2.05) is 38.4 Å². The topological polar surface area (TPSA) is 43.8 Å². The van der Waals surface area contributed by atoms with Gasteiger partial charge in [0.1, 0.15) is 5.82 Å². The molecule has 1 N–H and O–H groups in total. The molecular weight excluding hydrogens is 329 g/mol. The highest BCUT2D eigenvalue weighted by Crippen LogP contribution is 2.16. The predicted octanol–water partition coefficient (Wildman–Crippen LogP) is 2.47. The molecule has 0 aliphatic carbocycles. The lowest BCUT2D eigenvalue weighted by atomic mass is 10.2. The largest absolute Gasteiger partial charge is 0.368 e. The van der Waals surface area contributed by atoms with Crippen molar-refractivity contribution in [2.45, 2.75) is 13.3 Å². The Bertz CT molecular complexity index is 719. The van der Waals surface area contributed by atoms with E-state index in [2.05, 4.69) is 31.2 Å². The van der Waals surface area contributed by atoms with Gasteiger partial charge in [0, 0.05) is 57.3 Å². The molecule has 0 bridgehead atoms. The van der Waals surface area contributed by atoms with E-state index in [9.17, 15) is 4.39 Å². The molecule has 26 heavy (non-hydrogen) atoms. The minimum atomic E-state index is -0.194. The maximum atomic E-state index is 13.1. The third kappa shape index (κ3) is 4.71. The number of aliphatic imine (C=N–C) groups is 1. The number of halogens is 1. The van der Waals surface area contributed by atoms with Crippen LogP contribution < -0.4 is 10.2 Å². The molecule has 6 heteroatoms. The van der Waals surface area contributed by atoms with Gasteiger partial charge in [0.15, 0.2) is 5.96 Å². The van der Waals surface area contributed by atoms with Crippen molar-refractivity contribution in [3.05, 3.63) is 59.7 Å². The monoisotopic (exact) mass is 355 g/mol. The van der Waals surface area contributed by atoms with Crippen molar-refractivity contribution >= 4 is 11.6 Å². The van der Waals surface area contributed by atoms with Gasteiger partial charge in [0.2, 0.25) is 0 Å². The molecule has 1 aliphatic rings. The van der Waals surface area contributed by atoms with Crippen LogP contribution in [-0.2, 0) is 6.42 Å². The fraction of sp³-hybridized carbons (Fsp3) is 0.400. The first-order chi connectivity index (χ1) is 12.7. The van der Waals surface area contributed by atoms with Crippen molar-refractivity contribution in [3.8, 4) is 0 Å². The van der Waals surface area contributed by atoms with E-state index in [0.29, 0.717) is 0 Å². The van der Waals surface area contributed by atoms with Crippen molar-refractivity contribution < 1.29 is 4.39 Å². The lowest BCUT2D eigenvalue weighted by Gasteiger charge is -2.37. The van der Waals surface area contributed by atoms with E-state index in [4.69, 9.17) is 0 Å². The summed E-state index contributed by atoms with van der Waals surface area (Å²) in [6.45, 7) is 6.40. The average molecular weight is 355 g/mol. The lowest BCUT2D eigenvalue weighted by Crippen LogP contribution is -2.52. The summed E-state index contributed by atoms with van der Waals surface area (Å²) in [7, 11) is 1.82. The summed E-state index contributed by atoms with van der Waals surface area (Å²) >= 11 is 0. The third-order valence-electron chi connectivity index (χ3n) is 4.65. The van der Waals surface area contributed by atoms with Gasteiger partial charge >= 0.3 is 0 Å². The van der Waals surface area contributed by atoms with Crippen molar-refractivity contribution in [2.75, 3.05) is 44.7 Å². The van der Waals surface area contributed by atoms with Crippen LogP contribution >= 0.6 is 0 Å². The first-order valence-corrected chi connectivity index (χ1v) is 9.03. The Morgan fingerprint density at radius 3 is 2.46 bits per heavy atom. The molecule has 1 saturated heterocycles. The normalized spacial score (nSPS) is 15.3. The van der Waals surface area contributed by atoms with Crippen LogP contribution in [0.2, 0.25) is 0 Å². The second-order valence-corrected chi connectivity index (χ2v) is 6.48. The summed E-state index contributed by atoms with van der Waals surface area (Å²) in [5, 5.41) is 3.44. The Morgan fingerprint density at radius 2 is 1.85 bits per heavy atom. The number of pyridine rings is 1. The molecule has 1 aromatic heterocycles. The highest BCUT2D eigenvalue weighted by molar-refractivity contribution is 5.80. The fourth-order valence-electron chi connectivity index (χ4n) is 3.13. The lowest BCUT2D eigenvalue weighted by molar-refractivity contribution is 0.373. The SMILES string of the molecule is CN=C(NCCc1ccc(C)nc1)N1CCN(c2ccc(F)cc2)CC1. The zero-order valence-corrected chi connectivity index (χ0v) is 15.5. The van der Waals surface area contributed by atoms with E-state index >= 15 is 0 Å². The van der Waals surface area contributed by atoms with Crippen LogP contribution in [0.4, 0.5) is 10.1 Å². The van der Waals surface area contributed by atoms with Gasteiger partial charge in [-0.15, -0.1) is 0 Å². The minimum absolute atomic E-state index is 0.194. The number of anilines is 1. The molecule has 3 rings (SSSR count). The molecular formula is C20H26FN5. The van der Waals surface area contributed by atoms with Crippen LogP contribution in [0.5, 0.6) is 0 Å². The van der Waals surface area contributed by atoms with E-state index in [1.54, 1.807) is 0 Å². The van der Waals surface area contributed by atoms with Crippen molar-refractivity contribution in [1.82, 2.24) is 15.2 Å². The molecule has 2 aromatic rings. The zero-order chi connectivity index (χ0) is 18.4. The third-order valence-corrected chi connectivity index (χ3v) is 4.65. The summed E-state index contributed by atoms with van der Waals surface area (Å²) in [6, 6.07) is 10.9. The van der Waals surface area contributed by atoms with Gasteiger partial charge in [0.05, 0.1) is 0 Å². The molecule has 0 radical (unpaired) electrons. The summed E-state index contributed by atoms with van der Waals surface area (Å²) < 4.78 is 13.1. The Balaban J connectivity index is 1.47. The van der Waals surface area contributed by atoms with Gasteiger partial charge < -0.3 is 15.1 Å². The van der Waals surface area contributed by atoms with Crippen LogP contribution in [0.25, 0.3) is 0 Å². The maximum Gasteiger partial charge on any atom is 0.193 e. The van der Waals surface area contributed by atoms with Gasteiger partial charge in [-0.05, 0) is 49.2 Å². The quantitative estimate of drug-likeness (QED) is 0.676. The smallest absolute Gasteiger partial charge is 0.193 e. The van der Waals surface area contributed by atoms with Gasteiger partial charge in [-0.2, -0.15) is 0 Å². The number of piperazine rings is 1. The van der Waals surface area contributed by atoms with Crippen LogP contribution in [0.3, 0.4) is 0 Å². The second kappa shape index (κ2) is 8.65. The Hall–Kier alpha value is -2.63. The Kier molecular flexibility index (Phi) is 6.04. The molecule has 0 atom stereocenters. The van der Waals surface area contributed by atoms with Gasteiger partial charge in [-0.3, -0.25) is 9.98 Å². The molecule has 1 aliphatic heterocycles. The number of guanidine groups is 1. The standard InChI is InChI=1S/C20H26FN5/c1-16-3-4-17(15-24-16)9-10-23-20(22-2)26-13-11-25(12-14-26)19-7-5-18(21)6-8-19/h3-8,15H,9-14H2,1-2H3,(H,22,23). The molecule has 0 amide bonds. The number of nitrogens with zero attached hydrogens (tertiary/aromatic N) is 4. The van der Waals surface area contributed by atoms with E-state index in [-0.39, 0.29) is 5.82 Å². The number of aromatic nitrogens is 1. The number of nitrogens with one attached hydrogen (secondary N) is 1. The fourth-order valence-corrected chi connectivity index (χ4v) is 3.13. The van der Waals surface area contributed by atoms with Gasteiger partial charge in [0.25, 0.3) is 0 Å². The first kappa shape index (κ1) is 18.2. The molecule has 138 valence electrons. The molecule has 0 saturated carbocycles. The number of benzene rings is 1. The van der Waals surface area contributed by atoms with Crippen molar-refractivity contribution in [3.63, 3.8) is 0 Å². The average Bonchev–Trinajstić information content (AvgIpc) is 2.68. The van der Waals surface area contributed by atoms with Crippen LogP contribution in [-0.4, -0.2) is 55.6 Å². The molecule has 1 fully saturated rings. The number of hydrogen-bond acceptors (Lipinski definition) is 3. The highest BCUT2D eigenvalue weighted by atomic mass is 19.1. The Morgan fingerprint density at radius 1 is 1.12 bits per heavy atom. The summed E-state index contributed by atoms with van der Waals surface area (Å²) in [5.41, 5.74) is 3.33. The van der Waals surface area contributed by atoms with Gasteiger partial charge in [-0.1, -0.05) is 6.07 Å². The number of hydrogen-bond donors (Lipinski definition) is 1. The number of aryl methyl sites for hydroxylation is 1. The summed E-state index contributed by atoms with van der Waals surface area (Å²) in [6.07, 6.45) is 2.85. The predicted molar refractivity (Wildman–Crippen MR) is 104 cm³/mol.